The third-order valence-corrected chi connectivity index (χ3v) is 3.90. The fourth-order valence-electron chi connectivity index (χ4n) is 1.56. The number of unbranched alkanes of at least 4 members (excludes halogenated alkanes) is 1. The Hall–Kier alpha value is -0.220. The largest absolute Gasteiger partial charge is 0.381 e. The van der Waals surface area contributed by atoms with Crippen molar-refractivity contribution in [2.24, 2.45) is 10.9 Å². The van der Waals surface area contributed by atoms with E-state index in [-0.39, 0.29) is 0 Å². The molecule has 1 aliphatic heterocycles. The Morgan fingerprint density at radius 3 is 2.82 bits per heavy atom. The van der Waals surface area contributed by atoms with Crippen LogP contribution in [0.2, 0.25) is 0 Å². The van der Waals surface area contributed by atoms with Gasteiger partial charge in [0.15, 0.2) is 5.17 Å². The molecule has 0 aromatic carbocycles. The van der Waals surface area contributed by atoms with Crippen molar-refractivity contribution in [2.45, 2.75) is 46.1 Å². The van der Waals surface area contributed by atoms with Crippen LogP contribution in [-0.2, 0) is 4.74 Å². The molecule has 1 N–H and O–H groups in total. The third kappa shape index (κ3) is 6.32. The van der Waals surface area contributed by atoms with Gasteiger partial charge in [-0.1, -0.05) is 39.0 Å². The standard InChI is InChI=1S/C13H26N2OS/c1-4-5-8-16-9-6-7-14-13-15-12(10-17-13)11(2)3/h11-12H,4-10H2,1-3H3,(H,14,15). The molecule has 1 atom stereocenters. The zero-order valence-electron chi connectivity index (χ0n) is 11.4. The van der Waals surface area contributed by atoms with E-state index in [1.54, 1.807) is 0 Å². The summed E-state index contributed by atoms with van der Waals surface area (Å²) in [5.41, 5.74) is 0. The summed E-state index contributed by atoms with van der Waals surface area (Å²) in [5, 5.41) is 4.60. The van der Waals surface area contributed by atoms with E-state index < -0.39 is 0 Å². The molecule has 1 rings (SSSR count). The first-order valence-electron chi connectivity index (χ1n) is 6.75. The molecule has 0 aromatic heterocycles. The van der Waals surface area contributed by atoms with Crippen molar-refractivity contribution in [3.8, 4) is 0 Å². The van der Waals surface area contributed by atoms with Crippen molar-refractivity contribution in [1.29, 1.82) is 0 Å². The minimum atomic E-state index is 0.597. The molecule has 0 aromatic rings. The molecule has 0 amide bonds. The molecular formula is C13H26N2OS. The molecule has 3 nitrogen and oxygen atoms in total. The van der Waals surface area contributed by atoms with E-state index in [0.29, 0.717) is 12.0 Å². The highest BCUT2D eigenvalue weighted by Crippen LogP contribution is 2.18. The van der Waals surface area contributed by atoms with Crippen molar-refractivity contribution >= 4 is 16.9 Å². The smallest absolute Gasteiger partial charge is 0.156 e. The average Bonchev–Trinajstić information content (AvgIpc) is 2.77. The molecule has 1 aliphatic rings. The maximum Gasteiger partial charge on any atom is 0.156 e. The van der Waals surface area contributed by atoms with Gasteiger partial charge in [-0.05, 0) is 18.8 Å². The molecule has 0 radical (unpaired) electrons. The molecule has 17 heavy (non-hydrogen) atoms. The Labute approximate surface area is 110 Å². The van der Waals surface area contributed by atoms with Crippen molar-refractivity contribution in [2.75, 3.05) is 25.5 Å². The van der Waals surface area contributed by atoms with Gasteiger partial charge in [-0.3, -0.25) is 4.99 Å². The van der Waals surface area contributed by atoms with Crippen molar-refractivity contribution < 1.29 is 4.74 Å². The summed E-state index contributed by atoms with van der Waals surface area (Å²) in [6, 6.07) is 0.597. The number of nitrogens with zero attached hydrogens (tertiary/aromatic N) is 1. The second-order valence-corrected chi connectivity index (χ2v) is 5.82. The van der Waals surface area contributed by atoms with Crippen LogP contribution in [0.1, 0.15) is 40.0 Å². The Bertz CT molecular complexity index is 231. The van der Waals surface area contributed by atoms with E-state index in [0.717, 1.165) is 37.1 Å². The Kier molecular flexibility index (Phi) is 7.69. The molecule has 1 heterocycles. The summed E-state index contributed by atoms with van der Waals surface area (Å²) in [6.45, 7) is 9.31. The maximum absolute atomic E-state index is 5.50. The number of rotatable bonds is 8. The normalized spacial score (nSPS) is 22.4. The Morgan fingerprint density at radius 2 is 2.18 bits per heavy atom. The van der Waals surface area contributed by atoms with Gasteiger partial charge in [0.1, 0.15) is 0 Å². The molecule has 1 fully saturated rings. The van der Waals surface area contributed by atoms with E-state index in [4.69, 9.17) is 4.74 Å². The number of ether oxygens (including phenoxy) is 1. The van der Waals surface area contributed by atoms with E-state index >= 15 is 0 Å². The van der Waals surface area contributed by atoms with Crippen LogP contribution in [0.4, 0.5) is 0 Å². The zero-order valence-corrected chi connectivity index (χ0v) is 12.2. The van der Waals surface area contributed by atoms with Crippen LogP contribution in [0.5, 0.6) is 0 Å². The van der Waals surface area contributed by atoms with Gasteiger partial charge in [0.2, 0.25) is 0 Å². The van der Waals surface area contributed by atoms with E-state index in [1.807, 2.05) is 11.8 Å². The van der Waals surface area contributed by atoms with Gasteiger partial charge in [-0.15, -0.1) is 0 Å². The summed E-state index contributed by atoms with van der Waals surface area (Å²) < 4.78 is 5.50. The number of hydrogen-bond donors (Lipinski definition) is 1. The Balaban J connectivity index is 2.02. The Morgan fingerprint density at radius 1 is 1.41 bits per heavy atom. The quantitative estimate of drug-likeness (QED) is 0.680. The van der Waals surface area contributed by atoms with Crippen LogP contribution in [0, 0.1) is 5.92 Å². The predicted molar refractivity (Wildman–Crippen MR) is 76.9 cm³/mol. The second kappa shape index (κ2) is 8.81. The first-order valence-corrected chi connectivity index (χ1v) is 7.74. The van der Waals surface area contributed by atoms with Crippen LogP contribution in [0.15, 0.2) is 4.99 Å². The number of nitrogens with one attached hydrogen (secondary N) is 1. The van der Waals surface area contributed by atoms with Gasteiger partial charge in [0, 0.05) is 31.6 Å². The van der Waals surface area contributed by atoms with Crippen LogP contribution < -0.4 is 5.32 Å². The number of amidine groups is 1. The van der Waals surface area contributed by atoms with Gasteiger partial charge < -0.3 is 10.1 Å². The summed E-state index contributed by atoms with van der Waals surface area (Å²) in [4.78, 5) is 4.56. The van der Waals surface area contributed by atoms with Gasteiger partial charge in [-0.25, -0.2) is 0 Å². The molecule has 0 aliphatic carbocycles. The number of aliphatic imine (C=N–C) groups is 1. The lowest BCUT2D eigenvalue weighted by atomic mass is 10.1. The highest BCUT2D eigenvalue weighted by molar-refractivity contribution is 8.14. The molecular weight excluding hydrogens is 232 g/mol. The summed E-state index contributed by atoms with van der Waals surface area (Å²) >= 11 is 1.85. The van der Waals surface area contributed by atoms with Crippen LogP contribution in [0.3, 0.4) is 0 Å². The van der Waals surface area contributed by atoms with Crippen LogP contribution >= 0.6 is 11.8 Å². The van der Waals surface area contributed by atoms with E-state index in [1.165, 1.54) is 12.8 Å². The number of hydrogen-bond acceptors (Lipinski definition) is 3. The minimum Gasteiger partial charge on any atom is -0.381 e. The monoisotopic (exact) mass is 258 g/mol. The van der Waals surface area contributed by atoms with Crippen LogP contribution in [0.25, 0.3) is 0 Å². The summed E-state index contributed by atoms with van der Waals surface area (Å²) in [7, 11) is 0. The third-order valence-electron chi connectivity index (χ3n) is 2.86. The topological polar surface area (TPSA) is 33.6 Å². The fourth-order valence-corrected chi connectivity index (χ4v) is 2.78. The SMILES string of the molecule is CCCCOCCCN=C1NC(C(C)C)CS1. The lowest BCUT2D eigenvalue weighted by Crippen LogP contribution is -2.31. The van der Waals surface area contributed by atoms with Crippen LogP contribution in [-0.4, -0.2) is 36.7 Å². The van der Waals surface area contributed by atoms with Gasteiger partial charge in [0.25, 0.3) is 0 Å². The van der Waals surface area contributed by atoms with E-state index in [2.05, 4.69) is 31.1 Å². The van der Waals surface area contributed by atoms with Gasteiger partial charge >= 0.3 is 0 Å². The molecule has 1 saturated heterocycles. The lowest BCUT2D eigenvalue weighted by molar-refractivity contribution is 0.130. The predicted octanol–water partition coefficient (Wildman–Crippen LogP) is 2.91. The first kappa shape index (κ1) is 14.8. The van der Waals surface area contributed by atoms with Crippen molar-refractivity contribution in [3.63, 3.8) is 0 Å². The fraction of sp³-hybridized carbons (Fsp3) is 0.923. The molecule has 1 unspecified atom stereocenters. The molecule has 0 saturated carbocycles. The molecule has 100 valence electrons. The van der Waals surface area contributed by atoms with Gasteiger partial charge in [-0.2, -0.15) is 0 Å². The minimum absolute atomic E-state index is 0.597. The highest BCUT2D eigenvalue weighted by atomic mass is 32.2. The zero-order chi connectivity index (χ0) is 12.5. The van der Waals surface area contributed by atoms with E-state index in [9.17, 15) is 0 Å². The van der Waals surface area contributed by atoms with Crippen molar-refractivity contribution in [1.82, 2.24) is 5.32 Å². The molecule has 4 heteroatoms. The van der Waals surface area contributed by atoms with Gasteiger partial charge in [0.05, 0.1) is 0 Å². The molecule has 0 bridgehead atoms. The summed E-state index contributed by atoms with van der Waals surface area (Å²) in [5.74, 6) is 1.84. The average molecular weight is 258 g/mol. The van der Waals surface area contributed by atoms with Crippen molar-refractivity contribution in [3.05, 3.63) is 0 Å². The highest BCUT2D eigenvalue weighted by Gasteiger charge is 2.22. The lowest BCUT2D eigenvalue weighted by Gasteiger charge is -2.13. The first-order chi connectivity index (χ1) is 8.24. The summed E-state index contributed by atoms with van der Waals surface area (Å²) in [6.07, 6.45) is 3.41. The maximum atomic E-state index is 5.50. The second-order valence-electron chi connectivity index (χ2n) is 4.81. The molecule has 0 spiro atoms. The number of thioether (sulfide) groups is 1.